The molecule has 0 unspecified atom stereocenters. The van der Waals surface area contributed by atoms with Gasteiger partial charge in [-0.2, -0.15) is 0 Å². The molecule has 0 spiro atoms. The largest absolute Gasteiger partial charge is 0.385 e. The number of nitrogens with zero attached hydrogens (tertiary/aromatic N) is 2. The molecule has 1 aromatic heterocycles. The van der Waals surface area contributed by atoms with Crippen LogP contribution < -0.4 is 10.2 Å². The highest BCUT2D eigenvalue weighted by Crippen LogP contribution is 2.17. The lowest BCUT2D eigenvalue weighted by Crippen LogP contribution is -2.29. The molecule has 19 heavy (non-hydrogen) atoms. The minimum absolute atomic E-state index is 0.707. The summed E-state index contributed by atoms with van der Waals surface area (Å²) in [6.45, 7) is 6.25. The summed E-state index contributed by atoms with van der Waals surface area (Å²) in [5.41, 5.74) is 2.17. The fourth-order valence-electron chi connectivity index (χ4n) is 1.87. The highest BCUT2D eigenvalue weighted by Gasteiger charge is 2.07. The van der Waals surface area contributed by atoms with Gasteiger partial charge in [-0.05, 0) is 19.4 Å². The summed E-state index contributed by atoms with van der Waals surface area (Å²) < 4.78 is 10.3. The average Bonchev–Trinajstić information content (AvgIpc) is 2.43. The van der Waals surface area contributed by atoms with Crippen molar-refractivity contribution in [3.8, 4) is 0 Å². The second-order valence-electron chi connectivity index (χ2n) is 4.29. The van der Waals surface area contributed by atoms with Crippen LogP contribution in [0.15, 0.2) is 18.5 Å². The topological polar surface area (TPSA) is 46.6 Å². The van der Waals surface area contributed by atoms with Gasteiger partial charge in [-0.1, -0.05) is 0 Å². The van der Waals surface area contributed by atoms with E-state index >= 15 is 0 Å². The van der Waals surface area contributed by atoms with Crippen LogP contribution in [0, 0.1) is 0 Å². The van der Waals surface area contributed by atoms with Crippen LogP contribution in [0.25, 0.3) is 0 Å². The molecule has 0 aliphatic carbocycles. The monoisotopic (exact) mass is 267 g/mol. The van der Waals surface area contributed by atoms with Crippen molar-refractivity contribution < 1.29 is 9.47 Å². The Bertz CT molecular complexity index is 347. The summed E-state index contributed by atoms with van der Waals surface area (Å²) in [5.74, 6) is 0. The van der Waals surface area contributed by atoms with Gasteiger partial charge in [0.05, 0.1) is 30.4 Å². The Kier molecular flexibility index (Phi) is 7.93. The number of rotatable bonds is 10. The average molecular weight is 267 g/mol. The fraction of sp³-hybridized carbons (Fsp3) is 0.643. The zero-order valence-electron chi connectivity index (χ0n) is 12.2. The molecular weight excluding hydrogens is 242 g/mol. The molecule has 1 N–H and O–H groups in total. The third-order valence-corrected chi connectivity index (χ3v) is 2.81. The van der Waals surface area contributed by atoms with Gasteiger partial charge in [-0.3, -0.25) is 4.98 Å². The van der Waals surface area contributed by atoms with E-state index in [4.69, 9.17) is 9.47 Å². The van der Waals surface area contributed by atoms with Gasteiger partial charge in [-0.15, -0.1) is 0 Å². The molecule has 0 aliphatic heterocycles. The van der Waals surface area contributed by atoms with E-state index in [9.17, 15) is 0 Å². The van der Waals surface area contributed by atoms with Crippen molar-refractivity contribution in [1.29, 1.82) is 0 Å². The molecule has 0 amide bonds. The van der Waals surface area contributed by atoms with E-state index < -0.39 is 0 Å². The zero-order chi connectivity index (χ0) is 13.9. The number of methoxy groups -OCH3 is 2. The third kappa shape index (κ3) is 5.89. The predicted molar refractivity (Wildman–Crippen MR) is 79.0 cm³/mol. The van der Waals surface area contributed by atoms with Crippen LogP contribution in [0.1, 0.15) is 13.3 Å². The van der Waals surface area contributed by atoms with Crippen molar-refractivity contribution in [3.63, 3.8) is 0 Å². The van der Waals surface area contributed by atoms with Crippen molar-refractivity contribution in [3.05, 3.63) is 18.5 Å². The van der Waals surface area contributed by atoms with Gasteiger partial charge in [-0.25, -0.2) is 0 Å². The lowest BCUT2D eigenvalue weighted by atomic mass is 10.3. The van der Waals surface area contributed by atoms with E-state index in [-0.39, 0.29) is 0 Å². The van der Waals surface area contributed by atoms with Gasteiger partial charge in [0.2, 0.25) is 0 Å². The Morgan fingerprint density at radius 1 is 1.16 bits per heavy atom. The molecule has 0 aliphatic rings. The Hall–Kier alpha value is -1.33. The molecule has 0 saturated carbocycles. The van der Waals surface area contributed by atoms with Crippen molar-refractivity contribution in [1.82, 2.24) is 4.98 Å². The number of hydrogen-bond donors (Lipinski definition) is 1. The second kappa shape index (κ2) is 9.58. The van der Waals surface area contributed by atoms with Gasteiger partial charge in [0.25, 0.3) is 0 Å². The molecule has 5 heteroatoms. The van der Waals surface area contributed by atoms with Crippen LogP contribution in [-0.4, -0.2) is 52.1 Å². The van der Waals surface area contributed by atoms with Crippen LogP contribution in [0.3, 0.4) is 0 Å². The van der Waals surface area contributed by atoms with E-state index in [2.05, 4.69) is 28.2 Å². The molecule has 0 fully saturated rings. The van der Waals surface area contributed by atoms with Gasteiger partial charge in [0.15, 0.2) is 0 Å². The summed E-state index contributed by atoms with van der Waals surface area (Å²) in [4.78, 5) is 6.56. The molecule has 5 nitrogen and oxygen atoms in total. The maximum atomic E-state index is 5.17. The van der Waals surface area contributed by atoms with E-state index in [1.807, 2.05) is 12.4 Å². The van der Waals surface area contributed by atoms with Crippen molar-refractivity contribution in [2.75, 3.05) is 57.3 Å². The Morgan fingerprint density at radius 2 is 1.95 bits per heavy atom. The third-order valence-electron chi connectivity index (χ3n) is 2.81. The van der Waals surface area contributed by atoms with Crippen molar-refractivity contribution >= 4 is 11.4 Å². The molecule has 0 saturated heterocycles. The number of nitrogens with one attached hydrogen (secondary N) is 1. The number of pyridine rings is 1. The lowest BCUT2D eigenvalue weighted by Gasteiger charge is -2.24. The minimum atomic E-state index is 0.707. The first-order valence-electron chi connectivity index (χ1n) is 6.73. The first kappa shape index (κ1) is 15.7. The van der Waals surface area contributed by atoms with E-state index in [0.717, 1.165) is 44.0 Å². The van der Waals surface area contributed by atoms with Gasteiger partial charge in [0.1, 0.15) is 0 Å². The van der Waals surface area contributed by atoms with Gasteiger partial charge < -0.3 is 19.7 Å². The highest BCUT2D eigenvalue weighted by atomic mass is 16.5. The smallest absolute Gasteiger partial charge is 0.0637 e. The molecule has 1 rings (SSSR count). The van der Waals surface area contributed by atoms with Gasteiger partial charge in [0, 0.05) is 40.5 Å². The van der Waals surface area contributed by atoms with Crippen LogP contribution >= 0.6 is 0 Å². The highest BCUT2D eigenvalue weighted by molar-refractivity contribution is 5.55. The maximum absolute atomic E-state index is 5.17. The van der Waals surface area contributed by atoms with E-state index in [1.54, 1.807) is 14.2 Å². The minimum Gasteiger partial charge on any atom is -0.385 e. The maximum Gasteiger partial charge on any atom is 0.0637 e. The fourth-order valence-corrected chi connectivity index (χ4v) is 1.87. The summed E-state index contributed by atoms with van der Waals surface area (Å²) >= 11 is 0. The molecule has 0 atom stereocenters. The van der Waals surface area contributed by atoms with Crippen molar-refractivity contribution in [2.24, 2.45) is 0 Å². The number of aromatic nitrogens is 1. The van der Waals surface area contributed by atoms with Crippen LogP contribution in [0.2, 0.25) is 0 Å². The first-order chi connectivity index (χ1) is 9.31. The molecule has 108 valence electrons. The van der Waals surface area contributed by atoms with Crippen LogP contribution in [-0.2, 0) is 9.47 Å². The van der Waals surface area contributed by atoms with Gasteiger partial charge >= 0.3 is 0 Å². The normalized spacial score (nSPS) is 10.5. The van der Waals surface area contributed by atoms with E-state index in [1.165, 1.54) is 0 Å². The molecule has 1 heterocycles. The van der Waals surface area contributed by atoms with Crippen molar-refractivity contribution in [2.45, 2.75) is 13.3 Å². The molecular formula is C14H25N3O2. The Morgan fingerprint density at radius 3 is 2.63 bits per heavy atom. The van der Waals surface area contributed by atoms with E-state index in [0.29, 0.717) is 6.61 Å². The summed E-state index contributed by atoms with van der Waals surface area (Å²) in [5, 5.41) is 3.28. The standard InChI is InChI=1S/C14H25N3O2/c1-4-16-13-10-14(12-15-11-13)17(7-9-19-3)6-5-8-18-2/h10-12,16H,4-9H2,1-3H3. The quantitative estimate of drug-likeness (QED) is 0.657. The summed E-state index contributed by atoms with van der Waals surface area (Å²) in [7, 11) is 3.45. The molecule has 0 radical (unpaired) electrons. The summed E-state index contributed by atoms with van der Waals surface area (Å²) in [6.07, 6.45) is 4.73. The number of anilines is 2. The molecule has 1 aromatic rings. The second-order valence-corrected chi connectivity index (χ2v) is 4.29. The van der Waals surface area contributed by atoms with Crippen LogP contribution in [0.4, 0.5) is 11.4 Å². The lowest BCUT2D eigenvalue weighted by molar-refractivity contribution is 0.191. The SMILES string of the molecule is CCNc1cncc(N(CCCOC)CCOC)c1. The Labute approximate surface area is 115 Å². The Balaban J connectivity index is 2.68. The number of hydrogen-bond acceptors (Lipinski definition) is 5. The zero-order valence-corrected chi connectivity index (χ0v) is 12.2. The first-order valence-corrected chi connectivity index (χ1v) is 6.73. The summed E-state index contributed by atoms with van der Waals surface area (Å²) in [6, 6.07) is 2.12. The predicted octanol–water partition coefficient (Wildman–Crippen LogP) is 2.00. The molecule has 0 bridgehead atoms. The molecule has 0 aromatic carbocycles. The number of ether oxygens (including phenoxy) is 2. The van der Waals surface area contributed by atoms with Crippen LogP contribution in [0.5, 0.6) is 0 Å².